The summed E-state index contributed by atoms with van der Waals surface area (Å²) in [6, 6.07) is 43.1. The van der Waals surface area contributed by atoms with Crippen LogP contribution in [0.4, 0.5) is 0 Å². The topological polar surface area (TPSA) is 0 Å². The van der Waals surface area contributed by atoms with Gasteiger partial charge in [0.25, 0.3) is 0 Å². The molecule has 0 spiro atoms. The maximum Gasteiger partial charge on any atom is 2.00 e. The first-order valence-corrected chi connectivity index (χ1v) is 11.1. The third-order valence-corrected chi connectivity index (χ3v) is 5.96. The molecule has 6 aromatic carbocycles. The summed E-state index contributed by atoms with van der Waals surface area (Å²) in [5.74, 6) is 0. The van der Waals surface area contributed by atoms with Crippen LogP contribution in [0.15, 0.2) is 121 Å². The van der Waals surface area contributed by atoms with Crippen LogP contribution in [0.5, 0.6) is 0 Å². The van der Waals surface area contributed by atoms with Crippen LogP contribution in [0.25, 0.3) is 43.8 Å². The van der Waals surface area contributed by atoms with E-state index >= 15 is 0 Å². The molecule has 0 aromatic heterocycles. The van der Waals surface area contributed by atoms with E-state index in [9.17, 15) is 0 Å². The van der Waals surface area contributed by atoms with Gasteiger partial charge in [-0.25, -0.2) is 0 Å². The van der Waals surface area contributed by atoms with Crippen molar-refractivity contribution < 1.29 is 68.2 Å². The van der Waals surface area contributed by atoms with Crippen LogP contribution >= 0.6 is 0 Å². The molecule has 0 saturated carbocycles. The monoisotopic (exact) mass is 576 g/mol. The SMILES string of the molecule is Cc1cc2c(-c3ccccc3)cccc2[cH-]1.Cc1cc2c(-c3ccccc3)cccc2[cH-]1.[Cl-].[Cl-].[Ti+2].[Ti+2]. The number of aryl methyl sites for hydroxylation is 2. The fourth-order valence-electron chi connectivity index (χ4n) is 4.51. The van der Waals surface area contributed by atoms with Crippen LogP contribution < -0.4 is 24.8 Å². The molecule has 0 aliphatic rings. The van der Waals surface area contributed by atoms with Gasteiger partial charge in [0.15, 0.2) is 0 Å². The summed E-state index contributed by atoms with van der Waals surface area (Å²) in [5, 5.41) is 5.37. The first-order chi connectivity index (χ1) is 15.7. The molecule has 6 aromatic rings. The molecular weight excluding hydrogens is 551 g/mol. The normalized spacial score (nSPS) is 9.61. The standard InChI is InChI=1S/2C16H13.2ClH.2Ti/c2*1-12-10-14-8-5-9-15(16(14)11-12)13-6-3-2-4-7-13;;;;/h2*2-11H,1H3;2*1H;;/q2*-1;;;2*+2/p-2. The largest absolute Gasteiger partial charge is 2.00 e. The smallest absolute Gasteiger partial charge is 1.00 e. The summed E-state index contributed by atoms with van der Waals surface area (Å²) in [5.41, 5.74) is 7.89. The fraction of sp³-hybridized carbons (Fsp3) is 0.0625. The Morgan fingerprint density at radius 3 is 1.17 bits per heavy atom. The molecular formula is C32H26Cl2Ti2. The van der Waals surface area contributed by atoms with Gasteiger partial charge in [-0.15, -0.1) is 69.1 Å². The third-order valence-electron chi connectivity index (χ3n) is 5.96. The van der Waals surface area contributed by atoms with E-state index in [4.69, 9.17) is 0 Å². The Kier molecular flexibility index (Phi) is 13.2. The third kappa shape index (κ3) is 7.11. The second kappa shape index (κ2) is 14.7. The Balaban J connectivity index is 0.000000324. The van der Waals surface area contributed by atoms with E-state index < -0.39 is 0 Å². The van der Waals surface area contributed by atoms with Gasteiger partial charge in [-0.05, 0) is 11.1 Å². The van der Waals surface area contributed by atoms with Crippen molar-refractivity contribution in [2.45, 2.75) is 13.8 Å². The van der Waals surface area contributed by atoms with E-state index in [1.165, 1.54) is 54.9 Å². The number of hydrogen-bond donors (Lipinski definition) is 0. The minimum Gasteiger partial charge on any atom is -1.00 e. The Morgan fingerprint density at radius 1 is 0.444 bits per heavy atom. The van der Waals surface area contributed by atoms with Crippen LogP contribution in [0.2, 0.25) is 0 Å². The number of hydrogen-bond acceptors (Lipinski definition) is 0. The molecule has 176 valence electrons. The molecule has 0 bridgehead atoms. The predicted octanol–water partition coefficient (Wildman–Crippen LogP) is 3.07. The molecule has 0 fully saturated rings. The molecule has 36 heavy (non-hydrogen) atoms. The quantitative estimate of drug-likeness (QED) is 0.220. The molecule has 0 N–H and O–H groups in total. The Labute approximate surface area is 256 Å². The molecule has 6 rings (SSSR count). The minimum absolute atomic E-state index is 0. The van der Waals surface area contributed by atoms with Crippen molar-refractivity contribution in [3.63, 3.8) is 0 Å². The first-order valence-electron chi connectivity index (χ1n) is 11.1. The van der Waals surface area contributed by atoms with E-state index in [0.29, 0.717) is 0 Å². The predicted molar refractivity (Wildman–Crippen MR) is 139 cm³/mol. The number of fused-ring (bicyclic) bond motifs is 2. The van der Waals surface area contributed by atoms with Crippen molar-refractivity contribution in [3.8, 4) is 22.3 Å². The Bertz CT molecular complexity index is 1370. The van der Waals surface area contributed by atoms with E-state index in [-0.39, 0.29) is 68.2 Å². The van der Waals surface area contributed by atoms with Crippen molar-refractivity contribution in [2.24, 2.45) is 0 Å². The van der Waals surface area contributed by atoms with Gasteiger partial charge < -0.3 is 24.8 Å². The van der Waals surface area contributed by atoms with E-state index in [1.807, 2.05) is 0 Å². The summed E-state index contributed by atoms with van der Waals surface area (Å²) in [6.45, 7) is 4.30. The van der Waals surface area contributed by atoms with Gasteiger partial charge in [-0.3, -0.25) is 0 Å². The van der Waals surface area contributed by atoms with Gasteiger partial charge in [0, 0.05) is 0 Å². The molecule has 0 atom stereocenters. The maximum atomic E-state index is 2.26. The fourth-order valence-corrected chi connectivity index (χ4v) is 4.51. The zero-order chi connectivity index (χ0) is 21.9. The van der Waals surface area contributed by atoms with Crippen molar-refractivity contribution >= 4 is 21.5 Å². The van der Waals surface area contributed by atoms with Crippen LogP contribution in [0.1, 0.15) is 11.1 Å². The molecule has 0 nitrogen and oxygen atoms in total. The summed E-state index contributed by atoms with van der Waals surface area (Å²) in [6.07, 6.45) is 0. The van der Waals surface area contributed by atoms with Gasteiger partial charge in [0.05, 0.1) is 0 Å². The van der Waals surface area contributed by atoms with Crippen LogP contribution in [0, 0.1) is 13.8 Å². The number of benzene rings is 4. The van der Waals surface area contributed by atoms with Crippen molar-refractivity contribution in [2.75, 3.05) is 0 Å². The summed E-state index contributed by atoms with van der Waals surface area (Å²) < 4.78 is 0. The van der Waals surface area contributed by atoms with Crippen LogP contribution in [-0.4, -0.2) is 0 Å². The molecule has 0 aliphatic heterocycles. The van der Waals surface area contributed by atoms with Crippen molar-refractivity contribution in [3.05, 3.63) is 132 Å². The zero-order valence-electron chi connectivity index (χ0n) is 20.3. The van der Waals surface area contributed by atoms with Crippen LogP contribution in [0.3, 0.4) is 0 Å². The van der Waals surface area contributed by atoms with Gasteiger partial charge in [-0.1, -0.05) is 97.8 Å². The van der Waals surface area contributed by atoms with Crippen molar-refractivity contribution in [1.29, 1.82) is 0 Å². The Morgan fingerprint density at radius 2 is 0.806 bits per heavy atom. The summed E-state index contributed by atoms with van der Waals surface area (Å²) in [7, 11) is 0. The second-order valence-corrected chi connectivity index (χ2v) is 8.41. The summed E-state index contributed by atoms with van der Waals surface area (Å²) >= 11 is 0. The molecule has 0 heterocycles. The zero-order valence-corrected chi connectivity index (χ0v) is 24.9. The molecule has 0 aliphatic carbocycles. The molecule has 0 unspecified atom stereocenters. The molecule has 4 heteroatoms. The van der Waals surface area contributed by atoms with Gasteiger partial charge in [-0.2, -0.15) is 12.1 Å². The Hall–Kier alpha value is -1.89. The average molecular weight is 577 g/mol. The first kappa shape index (κ1) is 32.1. The van der Waals surface area contributed by atoms with E-state index in [1.54, 1.807) is 0 Å². The van der Waals surface area contributed by atoms with Gasteiger partial charge in [0.1, 0.15) is 0 Å². The van der Waals surface area contributed by atoms with Gasteiger partial charge >= 0.3 is 43.4 Å². The second-order valence-electron chi connectivity index (χ2n) is 8.41. The number of halogens is 2. The van der Waals surface area contributed by atoms with Gasteiger partial charge in [0.2, 0.25) is 0 Å². The van der Waals surface area contributed by atoms with E-state index in [0.717, 1.165) is 0 Å². The van der Waals surface area contributed by atoms with Crippen molar-refractivity contribution in [1.82, 2.24) is 0 Å². The molecule has 0 saturated heterocycles. The van der Waals surface area contributed by atoms with E-state index in [2.05, 4.69) is 135 Å². The number of rotatable bonds is 2. The molecule has 0 radical (unpaired) electrons. The minimum atomic E-state index is 0. The van der Waals surface area contributed by atoms with Crippen LogP contribution in [-0.2, 0) is 43.4 Å². The maximum absolute atomic E-state index is 2.26. The average Bonchev–Trinajstić information content (AvgIpc) is 3.41. The summed E-state index contributed by atoms with van der Waals surface area (Å²) in [4.78, 5) is 0. The molecule has 0 amide bonds.